The molecule has 0 amide bonds. The standard InChI is InChI=1S/C14H19N3O2S/c1-10-6-17(9-14(2,3)18-10)7-12-15-13(16-19-12)11-4-5-20-8-11/h4-5,8,10H,6-7,9H2,1-3H3/t10-/m1/s1. The van der Waals surface area contributed by atoms with Crippen LogP contribution in [0.1, 0.15) is 26.7 Å². The Morgan fingerprint density at radius 2 is 2.35 bits per heavy atom. The predicted molar refractivity (Wildman–Crippen MR) is 77.5 cm³/mol. The van der Waals surface area contributed by atoms with Crippen LogP contribution in [0, 0.1) is 0 Å². The highest BCUT2D eigenvalue weighted by atomic mass is 32.1. The molecule has 3 rings (SSSR count). The Morgan fingerprint density at radius 1 is 1.50 bits per heavy atom. The molecular weight excluding hydrogens is 274 g/mol. The van der Waals surface area contributed by atoms with E-state index >= 15 is 0 Å². The van der Waals surface area contributed by atoms with E-state index < -0.39 is 0 Å². The summed E-state index contributed by atoms with van der Waals surface area (Å²) in [5.41, 5.74) is 0.883. The van der Waals surface area contributed by atoms with Crippen LogP contribution in [0.25, 0.3) is 11.4 Å². The third-order valence-corrected chi connectivity index (χ3v) is 3.93. The van der Waals surface area contributed by atoms with Crippen LogP contribution in [0.4, 0.5) is 0 Å². The summed E-state index contributed by atoms with van der Waals surface area (Å²) in [6.07, 6.45) is 0.220. The Balaban J connectivity index is 1.69. The molecule has 0 unspecified atom stereocenters. The number of aromatic nitrogens is 2. The highest BCUT2D eigenvalue weighted by Crippen LogP contribution is 2.23. The van der Waals surface area contributed by atoms with Crippen molar-refractivity contribution in [3.05, 3.63) is 22.7 Å². The van der Waals surface area contributed by atoms with Crippen molar-refractivity contribution in [1.82, 2.24) is 15.0 Å². The Bertz CT molecular complexity index is 565. The normalized spacial score (nSPS) is 23.1. The molecule has 108 valence electrons. The molecule has 1 atom stereocenters. The second kappa shape index (κ2) is 5.27. The summed E-state index contributed by atoms with van der Waals surface area (Å²) in [7, 11) is 0. The lowest BCUT2D eigenvalue weighted by Gasteiger charge is -2.41. The number of morpholine rings is 1. The van der Waals surface area contributed by atoms with Gasteiger partial charge in [-0.2, -0.15) is 16.3 Å². The fourth-order valence-electron chi connectivity index (χ4n) is 2.73. The van der Waals surface area contributed by atoms with Gasteiger partial charge in [0, 0.05) is 24.0 Å². The van der Waals surface area contributed by atoms with E-state index in [1.807, 2.05) is 16.8 Å². The zero-order valence-corrected chi connectivity index (χ0v) is 12.8. The van der Waals surface area contributed by atoms with Gasteiger partial charge in [-0.15, -0.1) is 0 Å². The van der Waals surface area contributed by atoms with Crippen LogP contribution in [-0.2, 0) is 11.3 Å². The van der Waals surface area contributed by atoms with Gasteiger partial charge in [-0.3, -0.25) is 4.90 Å². The van der Waals surface area contributed by atoms with Crippen LogP contribution in [0.15, 0.2) is 21.3 Å². The predicted octanol–water partition coefficient (Wildman–Crippen LogP) is 2.80. The van der Waals surface area contributed by atoms with E-state index in [0.29, 0.717) is 18.3 Å². The third-order valence-electron chi connectivity index (χ3n) is 3.25. The Labute approximate surface area is 122 Å². The van der Waals surface area contributed by atoms with Gasteiger partial charge in [-0.05, 0) is 32.2 Å². The summed E-state index contributed by atoms with van der Waals surface area (Å²) in [6.45, 7) is 8.75. The van der Waals surface area contributed by atoms with Crippen LogP contribution in [-0.4, -0.2) is 39.8 Å². The molecule has 1 fully saturated rings. The minimum atomic E-state index is -0.131. The maximum absolute atomic E-state index is 5.90. The SMILES string of the molecule is C[C@@H]1CN(Cc2nc(-c3ccsc3)no2)CC(C)(C)O1. The first-order valence-corrected chi connectivity index (χ1v) is 7.71. The molecule has 0 saturated carbocycles. The summed E-state index contributed by atoms with van der Waals surface area (Å²) in [5.74, 6) is 1.33. The molecule has 20 heavy (non-hydrogen) atoms. The van der Waals surface area contributed by atoms with Crippen LogP contribution in [0.5, 0.6) is 0 Å². The fraction of sp³-hybridized carbons (Fsp3) is 0.571. The van der Waals surface area contributed by atoms with Gasteiger partial charge in [0.2, 0.25) is 11.7 Å². The molecular formula is C14H19N3O2S. The molecule has 0 aliphatic carbocycles. The summed E-state index contributed by atoms with van der Waals surface area (Å²) in [5, 5.41) is 8.08. The second-order valence-corrected chi connectivity index (χ2v) is 6.66. The van der Waals surface area contributed by atoms with E-state index in [0.717, 1.165) is 18.7 Å². The van der Waals surface area contributed by atoms with Crippen molar-refractivity contribution < 1.29 is 9.26 Å². The highest BCUT2D eigenvalue weighted by molar-refractivity contribution is 7.08. The fourth-order valence-corrected chi connectivity index (χ4v) is 3.36. The molecule has 3 heterocycles. The van der Waals surface area contributed by atoms with Gasteiger partial charge >= 0.3 is 0 Å². The number of rotatable bonds is 3. The maximum atomic E-state index is 5.90. The lowest BCUT2D eigenvalue weighted by molar-refractivity contribution is -0.132. The molecule has 1 saturated heterocycles. The lowest BCUT2D eigenvalue weighted by Crippen LogP contribution is -2.51. The van der Waals surface area contributed by atoms with Gasteiger partial charge < -0.3 is 9.26 Å². The van der Waals surface area contributed by atoms with Crippen LogP contribution < -0.4 is 0 Å². The minimum Gasteiger partial charge on any atom is -0.370 e. The zero-order valence-electron chi connectivity index (χ0n) is 12.0. The van der Waals surface area contributed by atoms with Crippen molar-refractivity contribution in [1.29, 1.82) is 0 Å². The number of nitrogens with zero attached hydrogens (tertiary/aromatic N) is 3. The lowest BCUT2D eigenvalue weighted by atomic mass is 10.1. The Morgan fingerprint density at radius 3 is 3.05 bits per heavy atom. The smallest absolute Gasteiger partial charge is 0.241 e. The van der Waals surface area contributed by atoms with Gasteiger partial charge in [0.1, 0.15) is 0 Å². The van der Waals surface area contributed by atoms with Crippen LogP contribution in [0.3, 0.4) is 0 Å². The van der Waals surface area contributed by atoms with Gasteiger partial charge in [0.05, 0.1) is 18.2 Å². The average molecular weight is 293 g/mol. The molecule has 2 aromatic rings. The summed E-state index contributed by atoms with van der Waals surface area (Å²) >= 11 is 1.63. The molecule has 1 aliphatic heterocycles. The molecule has 1 aliphatic rings. The molecule has 0 aromatic carbocycles. The number of thiophene rings is 1. The Hall–Kier alpha value is -1.24. The van der Waals surface area contributed by atoms with E-state index in [4.69, 9.17) is 9.26 Å². The summed E-state index contributed by atoms with van der Waals surface area (Å²) in [6, 6.07) is 2.00. The van der Waals surface area contributed by atoms with Crippen molar-refractivity contribution in [3.8, 4) is 11.4 Å². The van der Waals surface area contributed by atoms with Crippen molar-refractivity contribution >= 4 is 11.3 Å². The molecule has 0 bridgehead atoms. The van der Waals surface area contributed by atoms with Gasteiger partial charge in [0.15, 0.2) is 0 Å². The number of hydrogen-bond acceptors (Lipinski definition) is 6. The van der Waals surface area contributed by atoms with E-state index in [-0.39, 0.29) is 11.7 Å². The largest absolute Gasteiger partial charge is 0.370 e. The van der Waals surface area contributed by atoms with Crippen molar-refractivity contribution in [2.45, 2.75) is 39.0 Å². The van der Waals surface area contributed by atoms with E-state index in [1.165, 1.54) is 0 Å². The number of hydrogen-bond donors (Lipinski definition) is 0. The van der Waals surface area contributed by atoms with E-state index in [9.17, 15) is 0 Å². The molecule has 0 spiro atoms. The van der Waals surface area contributed by atoms with Crippen molar-refractivity contribution in [3.63, 3.8) is 0 Å². The van der Waals surface area contributed by atoms with Crippen LogP contribution >= 0.6 is 11.3 Å². The maximum Gasteiger partial charge on any atom is 0.241 e. The zero-order chi connectivity index (χ0) is 14.2. The Kier molecular flexibility index (Phi) is 3.62. The first-order valence-electron chi connectivity index (χ1n) is 6.77. The van der Waals surface area contributed by atoms with Gasteiger partial charge in [-0.25, -0.2) is 0 Å². The average Bonchev–Trinajstić information content (AvgIpc) is 2.94. The number of ether oxygens (including phenoxy) is 1. The summed E-state index contributed by atoms with van der Waals surface area (Å²) in [4.78, 5) is 6.77. The second-order valence-electron chi connectivity index (χ2n) is 5.88. The van der Waals surface area contributed by atoms with E-state index in [2.05, 4.69) is 35.8 Å². The van der Waals surface area contributed by atoms with Gasteiger partial charge in [-0.1, -0.05) is 5.16 Å². The monoisotopic (exact) mass is 293 g/mol. The van der Waals surface area contributed by atoms with Gasteiger partial charge in [0.25, 0.3) is 0 Å². The molecule has 2 aromatic heterocycles. The first kappa shape index (κ1) is 13.7. The third kappa shape index (κ3) is 3.08. The van der Waals surface area contributed by atoms with Crippen LogP contribution in [0.2, 0.25) is 0 Å². The minimum absolute atomic E-state index is 0.131. The summed E-state index contributed by atoms with van der Waals surface area (Å²) < 4.78 is 11.3. The first-order chi connectivity index (χ1) is 9.52. The quantitative estimate of drug-likeness (QED) is 0.871. The topological polar surface area (TPSA) is 51.4 Å². The van der Waals surface area contributed by atoms with E-state index in [1.54, 1.807) is 11.3 Å². The molecule has 0 N–H and O–H groups in total. The van der Waals surface area contributed by atoms with Crippen molar-refractivity contribution in [2.24, 2.45) is 0 Å². The van der Waals surface area contributed by atoms with Crippen molar-refractivity contribution in [2.75, 3.05) is 13.1 Å². The molecule has 0 radical (unpaired) electrons. The highest BCUT2D eigenvalue weighted by Gasteiger charge is 2.32. The molecule has 6 heteroatoms. The molecule has 5 nitrogen and oxygen atoms in total.